The molecular formula is C15H18BrClN4O2. The van der Waals surface area contributed by atoms with Crippen molar-refractivity contribution in [2.75, 3.05) is 13.1 Å². The molecule has 2 aromatic rings. The van der Waals surface area contributed by atoms with Crippen LogP contribution < -0.4 is 0 Å². The first-order valence-corrected chi connectivity index (χ1v) is 8.62. The minimum atomic E-state index is -0.502. The lowest BCUT2D eigenvalue weighted by atomic mass is 10.1. The van der Waals surface area contributed by atoms with Gasteiger partial charge >= 0.3 is 6.09 Å². The van der Waals surface area contributed by atoms with Crippen LogP contribution in [0.15, 0.2) is 10.7 Å². The molecule has 0 atom stereocenters. The molecular weight excluding hydrogens is 384 g/mol. The van der Waals surface area contributed by atoms with Crippen LogP contribution >= 0.6 is 27.5 Å². The van der Waals surface area contributed by atoms with E-state index in [9.17, 15) is 4.79 Å². The average Bonchev–Trinajstić information content (AvgIpc) is 2.69. The number of fused-ring (bicyclic) bond motifs is 2. The van der Waals surface area contributed by atoms with Crippen molar-refractivity contribution >= 4 is 39.3 Å². The van der Waals surface area contributed by atoms with E-state index in [2.05, 4.69) is 26.0 Å². The number of aromatic nitrogens is 3. The SMILES string of the molecule is CC(C)(C)OC(=O)N1CCc2nc3c(Br)cnn3c(Cl)c2CC1. The largest absolute Gasteiger partial charge is 0.444 e. The fourth-order valence-electron chi connectivity index (χ4n) is 2.57. The molecule has 0 bridgehead atoms. The van der Waals surface area contributed by atoms with Crippen molar-refractivity contribution in [3.05, 3.63) is 27.1 Å². The number of hydrogen-bond acceptors (Lipinski definition) is 4. The minimum absolute atomic E-state index is 0.299. The van der Waals surface area contributed by atoms with Gasteiger partial charge in [0.2, 0.25) is 0 Å². The van der Waals surface area contributed by atoms with Gasteiger partial charge in [-0.05, 0) is 43.1 Å². The molecule has 3 rings (SSSR count). The summed E-state index contributed by atoms with van der Waals surface area (Å²) in [5, 5.41) is 4.79. The fraction of sp³-hybridized carbons (Fsp3) is 0.533. The highest BCUT2D eigenvalue weighted by Gasteiger charge is 2.26. The van der Waals surface area contributed by atoms with Gasteiger partial charge in [-0.3, -0.25) is 0 Å². The highest BCUT2D eigenvalue weighted by Crippen LogP contribution is 2.27. The molecule has 23 heavy (non-hydrogen) atoms. The molecule has 6 nitrogen and oxygen atoms in total. The predicted molar refractivity (Wildman–Crippen MR) is 90.9 cm³/mol. The number of ether oxygens (including phenoxy) is 1. The predicted octanol–water partition coefficient (Wildman–Crippen LogP) is 3.48. The monoisotopic (exact) mass is 400 g/mol. The second-order valence-electron chi connectivity index (χ2n) is 6.52. The van der Waals surface area contributed by atoms with Crippen molar-refractivity contribution in [2.24, 2.45) is 0 Å². The van der Waals surface area contributed by atoms with Crippen molar-refractivity contribution in [3.8, 4) is 0 Å². The second kappa shape index (κ2) is 5.94. The summed E-state index contributed by atoms with van der Waals surface area (Å²) >= 11 is 9.91. The maximum Gasteiger partial charge on any atom is 0.410 e. The Balaban J connectivity index is 1.87. The van der Waals surface area contributed by atoms with Crippen molar-refractivity contribution in [1.29, 1.82) is 0 Å². The maximum absolute atomic E-state index is 12.3. The Labute approximate surface area is 147 Å². The van der Waals surface area contributed by atoms with Crippen LogP contribution in [0.4, 0.5) is 4.79 Å². The minimum Gasteiger partial charge on any atom is -0.444 e. The molecule has 0 unspecified atom stereocenters. The van der Waals surface area contributed by atoms with Crippen LogP contribution in [-0.4, -0.2) is 44.3 Å². The molecule has 1 amide bonds. The number of rotatable bonds is 0. The maximum atomic E-state index is 12.3. The third-order valence-corrected chi connectivity index (χ3v) is 4.57. The fourth-order valence-corrected chi connectivity index (χ4v) is 3.25. The van der Waals surface area contributed by atoms with Crippen LogP contribution in [0.5, 0.6) is 0 Å². The first-order valence-electron chi connectivity index (χ1n) is 7.44. The highest BCUT2D eigenvalue weighted by molar-refractivity contribution is 9.10. The zero-order valence-electron chi connectivity index (χ0n) is 13.3. The first kappa shape index (κ1) is 16.5. The van der Waals surface area contributed by atoms with Crippen LogP contribution in [0, 0.1) is 0 Å². The Kier molecular flexibility index (Phi) is 4.27. The van der Waals surface area contributed by atoms with Crippen molar-refractivity contribution in [1.82, 2.24) is 19.5 Å². The Morgan fingerprint density at radius 3 is 2.74 bits per heavy atom. The third-order valence-electron chi connectivity index (χ3n) is 3.63. The van der Waals surface area contributed by atoms with Crippen molar-refractivity contribution < 1.29 is 9.53 Å². The summed E-state index contributed by atoms with van der Waals surface area (Å²) in [7, 11) is 0. The first-order chi connectivity index (χ1) is 10.8. The summed E-state index contributed by atoms with van der Waals surface area (Å²) < 4.78 is 7.87. The average molecular weight is 402 g/mol. The normalized spacial score (nSPS) is 15.4. The van der Waals surface area contributed by atoms with Gasteiger partial charge in [-0.25, -0.2) is 14.3 Å². The van der Waals surface area contributed by atoms with E-state index < -0.39 is 5.60 Å². The van der Waals surface area contributed by atoms with Crippen LogP contribution in [-0.2, 0) is 17.6 Å². The van der Waals surface area contributed by atoms with Crippen LogP contribution in [0.2, 0.25) is 5.15 Å². The molecule has 3 heterocycles. The van der Waals surface area contributed by atoms with Crippen LogP contribution in [0.25, 0.3) is 5.65 Å². The topological polar surface area (TPSA) is 59.7 Å². The number of carbonyl (C=O) groups is 1. The smallest absolute Gasteiger partial charge is 0.410 e. The molecule has 0 aromatic carbocycles. The lowest BCUT2D eigenvalue weighted by Crippen LogP contribution is -2.38. The van der Waals surface area contributed by atoms with E-state index in [4.69, 9.17) is 16.3 Å². The van der Waals surface area contributed by atoms with Gasteiger partial charge in [-0.1, -0.05) is 11.6 Å². The van der Waals surface area contributed by atoms with Gasteiger partial charge in [0.05, 0.1) is 16.4 Å². The van der Waals surface area contributed by atoms with Gasteiger partial charge in [-0.15, -0.1) is 0 Å². The molecule has 0 saturated carbocycles. The summed E-state index contributed by atoms with van der Waals surface area (Å²) in [6.45, 7) is 6.71. The molecule has 0 N–H and O–H groups in total. The molecule has 8 heteroatoms. The van der Waals surface area contributed by atoms with Gasteiger partial charge < -0.3 is 9.64 Å². The summed E-state index contributed by atoms with van der Waals surface area (Å²) in [6, 6.07) is 0. The van der Waals surface area contributed by atoms with Gasteiger partial charge in [-0.2, -0.15) is 5.10 Å². The summed E-state index contributed by atoms with van der Waals surface area (Å²) in [5.41, 5.74) is 2.05. The van der Waals surface area contributed by atoms with E-state index in [1.54, 1.807) is 15.6 Å². The molecule has 0 spiro atoms. The van der Waals surface area contributed by atoms with Crippen LogP contribution in [0.1, 0.15) is 32.0 Å². The zero-order chi connectivity index (χ0) is 16.8. The lowest BCUT2D eigenvalue weighted by molar-refractivity contribution is 0.0258. The van der Waals surface area contributed by atoms with E-state index >= 15 is 0 Å². The van der Waals surface area contributed by atoms with Crippen LogP contribution in [0.3, 0.4) is 0 Å². The van der Waals surface area contributed by atoms with E-state index in [-0.39, 0.29) is 6.09 Å². The Morgan fingerprint density at radius 2 is 2.04 bits per heavy atom. The summed E-state index contributed by atoms with van der Waals surface area (Å²) in [4.78, 5) is 18.6. The lowest BCUT2D eigenvalue weighted by Gasteiger charge is -2.26. The van der Waals surface area contributed by atoms with Gasteiger partial charge in [0.1, 0.15) is 10.8 Å². The molecule has 1 aliphatic heterocycles. The van der Waals surface area contributed by atoms with Gasteiger partial charge in [0, 0.05) is 25.1 Å². The molecule has 0 aliphatic carbocycles. The van der Waals surface area contributed by atoms with E-state index in [1.807, 2.05) is 20.8 Å². The quantitative estimate of drug-likeness (QED) is 0.634. The molecule has 0 radical (unpaired) electrons. The van der Waals surface area contributed by atoms with Gasteiger partial charge in [0.25, 0.3) is 0 Å². The van der Waals surface area contributed by atoms with E-state index in [0.717, 1.165) is 15.7 Å². The Bertz CT molecular complexity index is 769. The van der Waals surface area contributed by atoms with E-state index in [1.165, 1.54) is 0 Å². The number of halogens is 2. The number of carbonyl (C=O) groups excluding carboxylic acids is 1. The Morgan fingerprint density at radius 1 is 1.35 bits per heavy atom. The van der Waals surface area contributed by atoms with Gasteiger partial charge in [0.15, 0.2) is 5.65 Å². The summed E-state index contributed by atoms with van der Waals surface area (Å²) in [6.07, 6.45) is 2.66. The molecule has 0 fully saturated rings. The highest BCUT2D eigenvalue weighted by atomic mass is 79.9. The number of hydrogen-bond donors (Lipinski definition) is 0. The second-order valence-corrected chi connectivity index (χ2v) is 7.74. The molecule has 2 aromatic heterocycles. The number of amides is 1. The number of nitrogens with zero attached hydrogens (tertiary/aromatic N) is 4. The van der Waals surface area contributed by atoms with Crippen molar-refractivity contribution in [3.63, 3.8) is 0 Å². The molecule has 1 aliphatic rings. The summed E-state index contributed by atoms with van der Waals surface area (Å²) in [5.74, 6) is 0. The zero-order valence-corrected chi connectivity index (χ0v) is 15.6. The molecule has 124 valence electrons. The standard InChI is InChI=1S/C15H18BrClN4O2/c1-15(2,3)23-14(22)20-6-4-9-11(5-7-20)19-13-10(16)8-18-21(13)12(9)17/h8H,4-7H2,1-3H3. The Hall–Kier alpha value is -1.34. The molecule has 0 saturated heterocycles. The van der Waals surface area contributed by atoms with E-state index in [0.29, 0.717) is 36.7 Å². The third kappa shape index (κ3) is 3.30. The van der Waals surface area contributed by atoms with Crippen molar-refractivity contribution in [2.45, 2.75) is 39.2 Å².